The molecule has 0 heterocycles. The van der Waals surface area contributed by atoms with E-state index in [9.17, 15) is 0 Å². The van der Waals surface area contributed by atoms with Crippen LogP contribution in [0.5, 0.6) is 0 Å². The van der Waals surface area contributed by atoms with Crippen LogP contribution in [0.2, 0.25) is 6.55 Å². The van der Waals surface area contributed by atoms with Crippen molar-refractivity contribution in [2.24, 2.45) is 0 Å². The molecule has 2 aliphatic rings. The molecule has 0 saturated carbocycles. The number of benzene rings is 2. The molecular weight excluding hydrogens is 388 g/mol. The summed E-state index contributed by atoms with van der Waals surface area (Å²) in [7, 11) is 1.87. The summed E-state index contributed by atoms with van der Waals surface area (Å²) in [5, 5.41) is 0. The summed E-state index contributed by atoms with van der Waals surface area (Å²) in [6.07, 6.45) is 10.7. The molecule has 2 aromatic rings. The van der Waals surface area contributed by atoms with Gasteiger partial charge in [-0.3, -0.25) is 0 Å². The zero-order valence-electron chi connectivity index (χ0n) is 14.2. The second kappa shape index (κ2) is 7.07. The topological polar surface area (TPSA) is 9.23 Å². The van der Waals surface area contributed by atoms with E-state index in [1.807, 2.05) is 7.11 Å². The molecule has 0 bridgehead atoms. The third-order valence-electron chi connectivity index (χ3n) is 5.12. The van der Waals surface area contributed by atoms with E-state index >= 15 is 0 Å². The van der Waals surface area contributed by atoms with E-state index in [1.165, 1.54) is 11.1 Å². The van der Waals surface area contributed by atoms with Gasteiger partial charge in [0, 0.05) is 0 Å². The molecule has 2 aliphatic carbocycles. The Morgan fingerprint density at radius 3 is 1.88 bits per heavy atom. The number of allylic oxidation sites excluding steroid dienone is 2. The fourth-order valence-corrected chi connectivity index (χ4v) is 24.2. The number of hydrogen-bond acceptors (Lipinski definition) is 1. The van der Waals surface area contributed by atoms with E-state index in [0.29, 0.717) is 7.25 Å². The minimum absolute atomic E-state index is 0.456. The van der Waals surface area contributed by atoms with Crippen LogP contribution in [0.4, 0.5) is 0 Å². The Morgan fingerprint density at radius 1 is 0.875 bits per heavy atom. The molecule has 0 spiro atoms. The molecule has 0 aliphatic heterocycles. The van der Waals surface area contributed by atoms with Crippen LogP contribution in [0.3, 0.4) is 0 Å². The minimum atomic E-state index is -1.84. The second-order valence-corrected chi connectivity index (χ2v) is 23.5. The molecule has 2 unspecified atom stereocenters. The van der Waals surface area contributed by atoms with Gasteiger partial charge >= 0.3 is 153 Å². The van der Waals surface area contributed by atoms with Gasteiger partial charge in [0.2, 0.25) is 0 Å². The van der Waals surface area contributed by atoms with Gasteiger partial charge < -0.3 is 0 Å². The van der Waals surface area contributed by atoms with Crippen molar-refractivity contribution in [1.82, 2.24) is 0 Å². The Bertz CT molecular complexity index is 802. The van der Waals surface area contributed by atoms with Gasteiger partial charge in [0.25, 0.3) is 0 Å². The summed E-state index contributed by atoms with van der Waals surface area (Å²) in [6.45, 7) is 2.52. The van der Waals surface area contributed by atoms with Crippen LogP contribution in [0.15, 0.2) is 60.7 Å². The average molecular weight is 410 g/mol. The van der Waals surface area contributed by atoms with Gasteiger partial charge in [-0.25, -0.2) is 0 Å². The van der Waals surface area contributed by atoms with Crippen molar-refractivity contribution in [3.8, 4) is 0 Å². The Balaban J connectivity index is 1.83. The SMILES string of the molecule is COC[Si](C)=[Zr]([CH]1C=Cc2ccccc21)[CH]1C=Cc2ccccc21. The summed E-state index contributed by atoms with van der Waals surface area (Å²) >= 11 is -1.84. The first kappa shape index (κ1) is 16.4. The number of ether oxygens (including phenoxy) is 1. The zero-order valence-corrected chi connectivity index (χ0v) is 17.7. The number of fused-ring (bicyclic) bond motifs is 2. The molecule has 0 amide bonds. The summed E-state index contributed by atoms with van der Waals surface area (Å²) in [5.41, 5.74) is 5.56. The Morgan fingerprint density at radius 2 is 1.38 bits per heavy atom. The molecule has 3 heteroatoms. The maximum atomic E-state index is 5.63. The monoisotopic (exact) mass is 408 g/mol. The predicted molar refractivity (Wildman–Crippen MR) is 99.9 cm³/mol. The van der Waals surface area contributed by atoms with Crippen molar-refractivity contribution in [2.75, 3.05) is 13.3 Å². The standard InChI is InChI=1S/2C9H7.C3H8OSi.Zr/c2*1-2-5-9-7-3-6-8(9)4-1;1-4-3-5-2;/h2*1-7H;3H2,1-2H3;. The van der Waals surface area contributed by atoms with Crippen LogP contribution in [0.25, 0.3) is 12.2 Å². The van der Waals surface area contributed by atoms with Gasteiger partial charge in [0.15, 0.2) is 0 Å². The molecular formula is C21H22OSiZr. The van der Waals surface area contributed by atoms with Crippen LogP contribution >= 0.6 is 0 Å². The van der Waals surface area contributed by atoms with Gasteiger partial charge in [-0.05, 0) is 0 Å². The molecule has 0 radical (unpaired) electrons. The van der Waals surface area contributed by atoms with Crippen molar-refractivity contribution >= 4 is 17.6 Å². The molecule has 120 valence electrons. The Kier molecular flexibility index (Phi) is 4.85. The van der Waals surface area contributed by atoms with E-state index < -0.39 is 25.8 Å². The molecule has 0 N–H and O–H groups in total. The summed E-state index contributed by atoms with van der Waals surface area (Å²) in [4.78, 5) is 0. The third kappa shape index (κ3) is 2.87. The maximum absolute atomic E-state index is 5.63. The zero-order chi connectivity index (χ0) is 16.5. The average Bonchev–Trinajstić information content (AvgIpc) is 3.21. The Hall–Kier alpha value is -1.02. The first-order chi connectivity index (χ1) is 11.8. The van der Waals surface area contributed by atoms with Crippen LogP contribution in [0.1, 0.15) is 29.5 Å². The molecule has 1 nitrogen and oxygen atoms in total. The van der Waals surface area contributed by atoms with Gasteiger partial charge in [-0.15, -0.1) is 0 Å². The van der Waals surface area contributed by atoms with Gasteiger partial charge in [0.1, 0.15) is 0 Å². The van der Waals surface area contributed by atoms with Crippen molar-refractivity contribution in [2.45, 2.75) is 13.8 Å². The molecule has 0 saturated heterocycles. The predicted octanol–water partition coefficient (Wildman–Crippen LogP) is 4.95. The van der Waals surface area contributed by atoms with Gasteiger partial charge in [-0.1, -0.05) is 0 Å². The fraction of sp³-hybridized carbons (Fsp3) is 0.238. The van der Waals surface area contributed by atoms with E-state index in [0.717, 1.165) is 6.23 Å². The normalized spacial score (nSPS) is 20.1. The fourth-order valence-electron chi connectivity index (χ4n) is 4.07. The van der Waals surface area contributed by atoms with Crippen LogP contribution in [0, 0.1) is 0 Å². The molecule has 2 atom stereocenters. The van der Waals surface area contributed by atoms with Crippen molar-refractivity contribution in [3.63, 3.8) is 0 Å². The first-order valence-electron chi connectivity index (χ1n) is 8.52. The van der Waals surface area contributed by atoms with Gasteiger partial charge in [-0.2, -0.15) is 0 Å². The van der Waals surface area contributed by atoms with Gasteiger partial charge in [0.05, 0.1) is 0 Å². The second-order valence-electron chi connectivity index (χ2n) is 6.60. The molecule has 0 aromatic heterocycles. The first-order valence-corrected chi connectivity index (χ1v) is 17.3. The molecule has 2 aromatic carbocycles. The van der Waals surface area contributed by atoms with E-state index in [2.05, 4.69) is 79.4 Å². The third-order valence-corrected chi connectivity index (χ3v) is 24.6. The van der Waals surface area contributed by atoms with Crippen LogP contribution in [-0.2, 0) is 25.1 Å². The summed E-state index contributed by atoms with van der Waals surface area (Å²) in [5.74, 6) is 0. The molecule has 4 rings (SSSR count). The molecule has 24 heavy (non-hydrogen) atoms. The summed E-state index contributed by atoms with van der Waals surface area (Å²) < 4.78 is 7.01. The van der Waals surface area contributed by atoms with Crippen molar-refractivity contribution in [1.29, 1.82) is 0 Å². The van der Waals surface area contributed by atoms with E-state index in [1.54, 1.807) is 11.1 Å². The summed E-state index contributed by atoms with van der Waals surface area (Å²) in [6, 6.07) is 18.0. The van der Waals surface area contributed by atoms with Crippen molar-refractivity contribution < 1.29 is 25.1 Å². The quantitative estimate of drug-likeness (QED) is 0.649. The number of methoxy groups -OCH3 is 1. The van der Waals surface area contributed by atoms with E-state index in [4.69, 9.17) is 4.74 Å². The number of hydrogen-bond donors (Lipinski definition) is 0. The van der Waals surface area contributed by atoms with Crippen molar-refractivity contribution in [3.05, 3.63) is 82.9 Å². The Labute approximate surface area is 152 Å². The number of rotatable bonds is 4. The van der Waals surface area contributed by atoms with Crippen LogP contribution in [-0.4, -0.2) is 18.8 Å². The van der Waals surface area contributed by atoms with Crippen LogP contribution < -0.4 is 0 Å². The van der Waals surface area contributed by atoms with E-state index in [-0.39, 0.29) is 0 Å². The molecule has 0 fully saturated rings.